The van der Waals surface area contributed by atoms with Gasteiger partial charge in [-0.25, -0.2) is 9.97 Å². The molecule has 0 spiro atoms. The van der Waals surface area contributed by atoms with Crippen molar-refractivity contribution >= 4 is 33.3 Å². The van der Waals surface area contributed by atoms with Crippen LogP contribution in [-0.4, -0.2) is 37.5 Å². The largest absolute Gasteiger partial charge is 0.366 e. The molecule has 2 aromatic carbocycles. The maximum atomic E-state index is 12.0. The maximum absolute atomic E-state index is 12.0. The van der Waals surface area contributed by atoms with Gasteiger partial charge in [-0.3, -0.25) is 14.9 Å². The van der Waals surface area contributed by atoms with E-state index < -0.39 is 4.92 Å². The molecule has 0 bridgehead atoms. The minimum Gasteiger partial charge on any atom is -0.366 e. The van der Waals surface area contributed by atoms with Crippen molar-refractivity contribution in [3.8, 4) is 0 Å². The van der Waals surface area contributed by atoms with Gasteiger partial charge in [-0.15, -0.1) is 0 Å². The summed E-state index contributed by atoms with van der Waals surface area (Å²) < 4.78 is 2.34. The normalized spacial score (nSPS) is 15.1. The molecule has 0 saturated carbocycles. The molecule has 1 saturated heterocycles. The first-order chi connectivity index (χ1) is 15.1. The van der Waals surface area contributed by atoms with Crippen molar-refractivity contribution in [2.45, 2.75) is 32.2 Å². The highest BCUT2D eigenvalue weighted by molar-refractivity contribution is 5.87. The average molecular weight is 418 g/mol. The molecule has 9 heteroatoms. The van der Waals surface area contributed by atoms with Gasteiger partial charge in [0.15, 0.2) is 0 Å². The Hall–Kier alpha value is -3.75. The van der Waals surface area contributed by atoms with E-state index in [9.17, 15) is 14.9 Å². The Morgan fingerprint density at radius 2 is 1.97 bits per heavy atom. The van der Waals surface area contributed by atoms with E-state index >= 15 is 0 Å². The molecule has 0 atom stereocenters. The van der Waals surface area contributed by atoms with Crippen LogP contribution in [0.3, 0.4) is 0 Å². The molecule has 3 heterocycles. The monoisotopic (exact) mass is 418 g/mol. The number of nitro groups is 1. The van der Waals surface area contributed by atoms with Crippen LogP contribution in [0.1, 0.15) is 31.6 Å². The van der Waals surface area contributed by atoms with Crippen LogP contribution in [0.5, 0.6) is 0 Å². The average Bonchev–Trinajstić information content (AvgIpc) is 3.17. The van der Waals surface area contributed by atoms with Gasteiger partial charge in [0.25, 0.3) is 11.2 Å². The summed E-state index contributed by atoms with van der Waals surface area (Å²) in [7, 11) is 0. The van der Waals surface area contributed by atoms with Crippen LogP contribution >= 0.6 is 0 Å². The van der Waals surface area contributed by atoms with E-state index in [1.165, 1.54) is 12.4 Å². The molecule has 4 aromatic rings. The highest BCUT2D eigenvalue weighted by Gasteiger charge is 2.28. The fourth-order valence-electron chi connectivity index (χ4n) is 4.61. The van der Waals surface area contributed by atoms with Crippen LogP contribution in [0, 0.1) is 10.1 Å². The second-order valence-electron chi connectivity index (χ2n) is 7.81. The molecule has 0 unspecified atom stereocenters. The van der Waals surface area contributed by atoms with Gasteiger partial charge in [-0.2, -0.15) is 0 Å². The van der Waals surface area contributed by atoms with Crippen LogP contribution in [0.25, 0.3) is 21.9 Å². The molecular formula is C22H22N6O3. The predicted molar refractivity (Wildman–Crippen MR) is 119 cm³/mol. The molecule has 0 amide bonds. The number of nitro benzene ring substituents is 1. The van der Waals surface area contributed by atoms with Crippen molar-refractivity contribution in [3.05, 3.63) is 69.0 Å². The summed E-state index contributed by atoms with van der Waals surface area (Å²) in [5.74, 6) is 1.07. The summed E-state index contributed by atoms with van der Waals surface area (Å²) in [6, 6.07) is 11.5. The number of aromatic amines is 1. The number of nitrogens with one attached hydrogen (secondary N) is 1. The van der Waals surface area contributed by atoms with Crippen molar-refractivity contribution in [1.29, 1.82) is 0 Å². The van der Waals surface area contributed by atoms with Crippen LogP contribution < -0.4 is 10.5 Å². The number of hydrogen-bond donors (Lipinski definition) is 1. The summed E-state index contributed by atoms with van der Waals surface area (Å²) in [6.07, 6.45) is 3.88. The fourth-order valence-corrected chi connectivity index (χ4v) is 4.61. The van der Waals surface area contributed by atoms with Crippen LogP contribution in [0.4, 0.5) is 11.4 Å². The molecule has 0 radical (unpaired) electrons. The topological polar surface area (TPSA) is 110 Å². The van der Waals surface area contributed by atoms with Crippen molar-refractivity contribution in [3.63, 3.8) is 0 Å². The SMILES string of the molecule is CCc1nc2ccccc2n1C1CCN(c2cc3nc[nH]c(=O)c3cc2[N+](=O)[O-])CC1. The third-order valence-corrected chi connectivity index (χ3v) is 6.09. The van der Waals surface area contributed by atoms with Gasteiger partial charge in [-0.05, 0) is 31.0 Å². The van der Waals surface area contributed by atoms with Crippen molar-refractivity contribution in [2.24, 2.45) is 0 Å². The highest BCUT2D eigenvalue weighted by Crippen LogP contribution is 2.36. The lowest BCUT2D eigenvalue weighted by molar-refractivity contribution is -0.384. The molecule has 158 valence electrons. The summed E-state index contributed by atoms with van der Waals surface area (Å²) in [6.45, 7) is 3.46. The molecule has 2 aromatic heterocycles. The number of imidazole rings is 1. The Morgan fingerprint density at radius 3 is 2.71 bits per heavy atom. The second-order valence-corrected chi connectivity index (χ2v) is 7.81. The first-order valence-electron chi connectivity index (χ1n) is 10.4. The number of piperidine rings is 1. The molecule has 31 heavy (non-hydrogen) atoms. The van der Waals surface area contributed by atoms with Gasteiger partial charge < -0.3 is 14.5 Å². The smallest absolute Gasteiger partial charge is 0.293 e. The third kappa shape index (κ3) is 3.22. The molecule has 9 nitrogen and oxygen atoms in total. The number of rotatable bonds is 4. The lowest BCUT2D eigenvalue weighted by Gasteiger charge is -2.34. The highest BCUT2D eigenvalue weighted by atomic mass is 16.6. The van der Waals surface area contributed by atoms with Gasteiger partial charge in [0.1, 0.15) is 11.5 Å². The van der Waals surface area contributed by atoms with Gasteiger partial charge in [0.05, 0.1) is 33.2 Å². The van der Waals surface area contributed by atoms with Crippen LogP contribution in [-0.2, 0) is 6.42 Å². The number of hydrogen-bond acceptors (Lipinski definition) is 6. The van der Waals surface area contributed by atoms with Gasteiger partial charge >= 0.3 is 0 Å². The molecule has 1 aliphatic rings. The molecule has 1 N–H and O–H groups in total. The molecular weight excluding hydrogens is 396 g/mol. The Morgan fingerprint density at radius 1 is 1.19 bits per heavy atom. The minimum absolute atomic E-state index is 0.0632. The number of fused-ring (bicyclic) bond motifs is 2. The van der Waals surface area contributed by atoms with Gasteiger partial charge in [0, 0.05) is 31.6 Å². The summed E-state index contributed by atoms with van der Waals surface area (Å²) in [5, 5.41) is 12.0. The standard InChI is InChI=1S/C22H22N6O3/c1-2-21-25-16-5-3-4-6-18(16)27(21)14-7-9-26(10-8-14)19-12-17-15(11-20(19)28(30)31)22(29)24-13-23-17/h3-6,11-14H,2,7-10H2,1H3,(H,23,24,29). The van der Waals surface area contributed by atoms with Crippen molar-refractivity contribution in [2.75, 3.05) is 18.0 Å². The van der Waals surface area contributed by atoms with E-state index in [4.69, 9.17) is 4.98 Å². The van der Waals surface area contributed by atoms with E-state index in [1.807, 2.05) is 23.1 Å². The second kappa shape index (κ2) is 7.50. The van der Waals surface area contributed by atoms with Gasteiger partial charge in [-0.1, -0.05) is 19.1 Å². The number of anilines is 1. The minimum atomic E-state index is -0.425. The zero-order chi connectivity index (χ0) is 21.5. The Kier molecular flexibility index (Phi) is 4.65. The Labute approximate surface area is 177 Å². The van der Waals surface area contributed by atoms with Crippen LogP contribution in [0.15, 0.2) is 47.5 Å². The number of aromatic nitrogens is 4. The van der Waals surface area contributed by atoms with E-state index in [2.05, 4.69) is 27.5 Å². The van der Waals surface area contributed by atoms with E-state index in [0.717, 1.165) is 36.1 Å². The lowest BCUT2D eigenvalue weighted by Crippen LogP contribution is -2.35. The third-order valence-electron chi connectivity index (χ3n) is 6.09. The quantitative estimate of drug-likeness (QED) is 0.401. The zero-order valence-electron chi connectivity index (χ0n) is 17.1. The maximum Gasteiger partial charge on any atom is 0.293 e. The summed E-state index contributed by atoms with van der Waals surface area (Å²) in [5.41, 5.74) is 2.67. The van der Waals surface area contributed by atoms with E-state index in [1.54, 1.807) is 6.07 Å². The lowest BCUT2D eigenvalue weighted by atomic mass is 10.0. The molecule has 1 fully saturated rings. The van der Waals surface area contributed by atoms with E-state index in [-0.39, 0.29) is 16.6 Å². The van der Waals surface area contributed by atoms with E-state index in [0.29, 0.717) is 30.3 Å². The predicted octanol–water partition coefficient (Wildman–Crippen LogP) is 3.58. The summed E-state index contributed by atoms with van der Waals surface area (Å²) >= 11 is 0. The molecule has 5 rings (SSSR count). The van der Waals surface area contributed by atoms with Crippen molar-refractivity contribution < 1.29 is 4.92 Å². The fraction of sp³-hybridized carbons (Fsp3) is 0.318. The molecule has 0 aliphatic carbocycles. The summed E-state index contributed by atoms with van der Waals surface area (Å²) in [4.78, 5) is 36.8. The number of nitrogens with zero attached hydrogens (tertiary/aromatic N) is 5. The molecule has 1 aliphatic heterocycles. The number of aryl methyl sites for hydroxylation is 1. The van der Waals surface area contributed by atoms with Crippen molar-refractivity contribution in [1.82, 2.24) is 19.5 Å². The van der Waals surface area contributed by atoms with Gasteiger partial charge in [0.2, 0.25) is 0 Å². The number of benzene rings is 2. The Bertz CT molecular complexity index is 1350. The zero-order valence-corrected chi connectivity index (χ0v) is 17.1. The first kappa shape index (κ1) is 19.2. The number of para-hydroxylation sites is 2. The van der Waals surface area contributed by atoms with Crippen LogP contribution in [0.2, 0.25) is 0 Å². The number of H-pyrrole nitrogens is 1. The Balaban J connectivity index is 1.48. The first-order valence-corrected chi connectivity index (χ1v) is 10.4.